The highest BCUT2D eigenvalue weighted by Gasteiger charge is 2.34. The van der Waals surface area contributed by atoms with Gasteiger partial charge in [0.15, 0.2) is 0 Å². The lowest BCUT2D eigenvalue weighted by Crippen LogP contribution is -2.52. The number of carbonyl (C=O) groups excluding carboxylic acids is 2. The van der Waals surface area contributed by atoms with Crippen LogP contribution in [-0.4, -0.2) is 50.0 Å². The molecule has 2 atom stereocenters. The largest absolute Gasteiger partial charge is 0.416 e. The lowest BCUT2D eigenvalue weighted by Gasteiger charge is -2.32. The Balaban J connectivity index is 2.49. The van der Waals surface area contributed by atoms with Gasteiger partial charge in [-0.05, 0) is 56.2 Å². The van der Waals surface area contributed by atoms with Gasteiger partial charge in [0.2, 0.25) is 21.8 Å². The van der Waals surface area contributed by atoms with Crippen molar-refractivity contribution in [2.24, 2.45) is 0 Å². The molecule has 0 saturated carbocycles. The summed E-state index contributed by atoms with van der Waals surface area (Å²) >= 11 is 9.40. The summed E-state index contributed by atoms with van der Waals surface area (Å²) in [7, 11) is -4.25. The third kappa shape index (κ3) is 8.61. The number of nitrogens with zero attached hydrogens (tertiary/aromatic N) is 2. The molecule has 2 rings (SSSR count). The summed E-state index contributed by atoms with van der Waals surface area (Å²) in [5, 5.41) is 2.51. The normalized spacial score (nSPS) is 13.5. The van der Waals surface area contributed by atoms with Gasteiger partial charge in [-0.1, -0.05) is 46.6 Å². The van der Waals surface area contributed by atoms with Crippen molar-refractivity contribution in [2.45, 2.75) is 52.0 Å². The van der Waals surface area contributed by atoms with Crippen LogP contribution in [0.1, 0.15) is 38.3 Å². The summed E-state index contributed by atoms with van der Waals surface area (Å²) < 4.78 is 66.5. The highest BCUT2D eigenvalue weighted by atomic mass is 79.9. The molecular formula is C24H28BrClF3N3O4S. The first-order valence-corrected chi connectivity index (χ1v) is 14.2. The molecule has 0 radical (unpaired) electrons. The van der Waals surface area contributed by atoms with Crippen LogP contribution >= 0.6 is 27.5 Å². The first-order chi connectivity index (χ1) is 17.0. The fraction of sp³-hybridized carbons (Fsp3) is 0.417. The second kappa shape index (κ2) is 12.5. The number of carbonyl (C=O) groups is 2. The van der Waals surface area contributed by atoms with Gasteiger partial charge in [-0.15, -0.1) is 0 Å². The standard InChI is InChI=1S/C24H28BrClF3N3O4S/c1-5-15(2)30-23(34)16(3)31(13-17-6-9-19(25)10-7-17)22(33)14-32(37(4,35)36)21-12-18(24(27,28)29)8-11-20(21)26/h6-12,15-16H,5,13-14H2,1-4H3,(H,30,34)/t15-,16-/m1/s1. The number of alkyl halides is 3. The Labute approximate surface area is 228 Å². The summed E-state index contributed by atoms with van der Waals surface area (Å²) in [6, 6.07) is 7.97. The van der Waals surface area contributed by atoms with Crippen molar-refractivity contribution < 1.29 is 31.2 Å². The van der Waals surface area contributed by atoms with Gasteiger partial charge in [0.05, 0.1) is 22.5 Å². The molecule has 1 N–H and O–H groups in total. The van der Waals surface area contributed by atoms with Gasteiger partial charge in [-0.25, -0.2) is 8.42 Å². The van der Waals surface area contributed by atoms with Crippen molar-refractivity contribution in [1.82, 2.24) is 10.2 Å². The van der Waals surface area contributed by atoms with Crippen molar-refractivity contribution in [1.29, 1.82) is 0 Å². The quantitative estimate of drug-likeness (QED) is 0.392. The van der Waals surface area contributed by atoms with Crippen molar-refractivity contribution in [3.8, 4) is 0 Å². The smallest absolute Gasteiger partial charge is 0.352 e. The van der Waals surface area contributed by atoms with E-state index in [1.807, 2.05) is 6.92 Å². The molecule has 0 aliphatic heterocycles. The molecule has 2 aromatic rings. The highest BCUT2D eigenvalue weighted by molar-refractivity contribution is 9.10. The number of hydrogen-bond donors (Lipinski definition) is 1. The molecule has 204 valence electrons. The fourth-order valence-corrected chi connectivity index (χ4v) is 4.70. The maximum Gasteiger partial charge on any atom is 0.416 e. The molecule has 0 aliphatic carbocycles. The van der Waals surface area contributed by atoms with Gasteiger partial charge in [-0.2, -0.15) is 13.2 Å². The number of sulfonamides is 1. The molecule has 13 heteroatoms. The summed E-state index contributed by atoms with van der Waals surface area (Å²) in [6.45, 7) is 4.26. The van der Waals surface area contributed by atoms with Gasteiger partial charge >= 0.3 is 6.18 Å². The maximum atomic E-state index is 13.5. The fourth-order valence-electron chi connectivity index (χ4n) is 3.31. The minimum absolute atomic E-state index is 0.0465. The van der Waals surface area contributed by atoms with Crippen molar-refractivity contribution >= 4 is 55.1 Å². The van der Waals surface area contributed by atoms with Gasteiger partial charge in [0, 0.05) is 17.1 Å². The first-order valence-electron chi connectivity index (χ1n) is 11.2. The van der Waals surface area contributed by atoms with E-state index in [0.29, 0.717) is 22.4 Å². The Morgan fingerprint density at radius 1 is 1.11 bits per heavy atom. The van der Waals surface area contributed by atoms with Crippen LogP contribution in [0.5, 0.6) is 0 Å². The third-order valence-corrected chi connectivity index (χ3v) is 7.63. The van der Waals surface area contributed by atoms with E-state index >= 15 is 0 Å². The van der Waals surface area contributed by atoms with Crippen molar-refractivity contribution in [3.63, 3.8) is 0 Å². The zero-order chi connectivity index (χ0) is 28.1. The predicted octanol–water partition coefficient (Wildman–Crippen LogP) is 5.22. The molecule has 0 saturated heterocycles. The van der Waals surface area contributed by atoms with E-state index in [9.17, 15) is 31.2 Å². The van der Waals surface area contributed by atoms with E-state index in [1.54, 1.807) is 31.2 Å². The molecule has 2 aromatic carbocycles. The summed E-state index contributed by atoms with van der Waals surface area (Å²) in [5.74, 6) is -1.25. The van der Waals surface area contributed by atoms with E-state index in [-0.39, 0.29) is 17.6 Å². The molecule has 0 heterocycles. The highest BCUT2D eigenvalue weighted by Crippen LogP contribution is 2.36. The number of halogens is 5. The first kappa shape index (κ1) is 30.9. The Kier molecular flexibility index (Phi) is 10.4. The van der Waals surface area contributed by atoms with Crippen LogP contribution in [0, 0.1) is 0 Å². The number of nitrogens with one attached hydrogen (secondary N) is 1. The molecule has 0 spiro atoms. The van der Waals surface area contributed by atoms with E-state index in [0.717, 1.165) is 22.9 Å². The van der Waals surface area contributed by atoms with Crippen molar-refractivity contribution in [3.05, 3.63) is 63.1 Å². The summed E-state index contributed by atoms with van der Waals surface area (Å²) in [6.07, 6.45) is -3.35. The number of hydrogen-bond acceptors (Lipinski definition) is 4. The minimum atomic E-state index is -4.76. The van der Waals surface area contributed by atoms with E-state index < -0.39 is 51.9 Å². The van der Waals surface area contributed by atoms with Crippen LogP contribution in [-0.2, 0) is 32.3 Å². The van der Waals surface area contributed by atoms with E-state index in [1.165, 1.54) is 11.8 Å². The Morgan fingerprint density at radius 3 is 2.22 bits per heavy atom. The zero-order valence-electron chi connectivity index (χ0n) is 20.6. The van der Waals surface area contributed by atoms with Gasteiger partial charge < -0.3 is 10.2 Å². The van der Waals surface area contributed by atoms with E-state index in [2.05, 4.69) is 21.2 Å². The van der Waals surface area contributed by atoms with Crippen molar-refractivity contribution in [2.75, 3.05) is 17.1 Å². The number of rotatable bonds is 10. The lowest BCUT2D eigenvalue weighted by atomic mass is 10.1. The van der Waals surface area contributed by atoms with E-state index in [4.69, 9.17) is 11.6 Å². The minimum Gasteiger partial charge on any atom is -0.352 e. The molecule has 37 heavy (non-hydrogen) atoms. The van der Waals surface area contributed by atoms with Crippen LogP contribution in [0.25, 0.3) is 0 Å². The predicted molar refractivity (Wildman–Crippen MR) is 141 cm³/mol. The molecular weight excluding hydrogens is 599 g/mol. The van der Waals surface area contributed by atoms with Crippen LogP contribution in [0.15, 0.2) is 46.9 Å². The molecule has 7 nitrogen and oxygen atoms in total. The molecule has 0 aromatic heterocycles. The summed E-state index contributed by atoms with van der Waals surface area (Å²) in [5.41, 5.74) is -0.962. The van der Waals surface area contributed by atoms with Crippen LogP contribution in [0.3, 0.4) is 0 Å². The Hall–Kier alpha value is -2.31. The monoisotopic (exact) mass is 625 g/mol. The lowest BCUT2D eigenvalue weighted by molar-refractivity contribution is -0.139. The Bertz CT molecular complexity index is 1230. The molecule has 0 bridgehead atoms. The third-order valence-electron chi connectivity index (χ3n) is 5.66. The van der Waals surface area contributed by atoms with Gasteiger partial charge in [0.25, 0.3) is 0 Å². The summed E-state index contributed by atoms with van der Waals surface area (Å²) in [4.78, 5) is 27.6. The second-order valence-electron chi connectivity index (χ2n) is 8.58. The van der Waals surface area contributed by atoms with Gasteiger partial charge in [-0.3, -0.25) is 13.9 Å². The van der Waals surface area contributed by atoms with Crippen LogP contribution < -0.4 is 9.62 Å². The SMILES string of the molecule is CC[C@@H](C)NC(=O)[C@@H](C)N(Cc1ccc(Br)cc1)C(=O)CN(c1cc(C(F)(F)F)ccc1Cl)S(C)(=O)=O. The number of amides is 2. The number of anilines is 1. The zero-order valence-corrected chi connectivity index (χ0v) is 23.8. The molecule has 0 fully saturated rings. The average Bonchev–Trinajstić information content (AvgIpc) is 2.80. The topological polar surface area (TPSA) is 86.8 Å². The average molecular weight is 627 g/mol. The van der Waals surface area contributed by atoms with Crippen LogP contribution in [0.2, 0.25) is 5.02 Å². The second-order valence-corrected chi connectivity index (χ2v) is 11.8. The van der Waals surface area contributed by atoms with Crippen LogP contribution in [0.4, 0.5) is 18.9 Å². The Morgan fingerprint density at radius 2 is 1.70 bits per heavy atom. The van der Waals surface area contributed by atoms with Gasteiger partial charge in [0.1, 0.15) is 12.6 Å². The molecule has 2 amide bonds. The molecule has 0 unspecified atom stereocenters. The number of benzene rings is 2. The molecule has 0 aliphatic rings. The maximum absolute atomic E-state index is 13.5.